The van der Waals surface area contributed by atoms with E-state index in [1.807, 2.05) is 20.8 Å². The van der Waals surface area contributed by atoms with Gasteiger partial charge in [0.1, 0.15) is 17.1 Å². The van der Waals surface area contributed by atoms with Crippen LogP contribution in [0.25, 0.3) is 6.08 Å². The molecule has 0 saturated heterocycles. The fraction of sp³-hybridized carbons (Fsp3) is 0.333. The maximum absolute atomic E-state index is 10.5. The number of rotatable bonds is 3. The second-order valence-electron chi connectivity index (χ2n) is 2.60. The molecule has 0 spiro atoms. The van der Waals surface area contributed by atoms with Crippen LogP contribution in [-0.2, 0) is 0 Å². The highest BCUT2D eigenvalue weighted by atomic mass is 16.5. The monoisotopic (exact) mass is 207 g/mol. The summed E-state index contributed by atoms with van der Waals surface area (Å²) in [7, 11) is 1.57. The maximum Gasteiger partial charge on any atom is 0.168 e. The van der Waals surface area contributed by atoms with Crippen molar-refractivity contribution in [1.29, 1.82) is 0 Å². The molecule has 0 saturated carbocycles. The number of methoxy groups -OCH3 is 1. The molecule has 0 atom stereocenters. The molecule has 0 radical (unpaired) electrons. The topological polar surface area (TPSA) is 39.2 Å². The van der Waals surface area contributed by atoms with Crippen LogP contribution in [0.3, 0.4) is 0 Å². The normalized spacial score (nSPS) is 8.53. The van der Waals surface area contributed by atoms with Gasteiger partial charge in [0, 0.05) is 0 Å². The van der Waals surface area contributed by atoms with Crippen LogP contribution >= 0.6 is 0 Å². The predicted octanol–water partition coefficient (Wildman–Crippen LogP) is 2.88. The Balaban J connectivity index is 0.000000921. The third-order valence-electron chi connectivity index (χ3n) is 1.72. The highest BCUT2D eigenvalue weighted by Crippen LogP contribution is 2.22. The van der Waals surface area contributed by atoms with Gasteiger partial charge in [-0.3, -0.25) is 4.79 Å². The summed E-state index contributed by atoms with van der Waals surface area (Å²) < 4.78 is 5.12. The lowest BCUT2D eigenvalue weighted by Gasteiger charge is -2.07. The molecule has 1 heterocycles. The first-order chi connectivity index (χ1) is 7.22. The third kappa shape index (κ3) is 3.20. The molecule has 3 heteroatoms. The Morgan fingerprint density at radius 1 is 1.47 bits per heavy atom. The van der Waals surface area contributed by atoms with E-state index in [4.69, 9.17) is 4.74 Å². The second-order valence-corrected chi connectivity index (χ2v) is 2.60. The van der Waals surface area contributed by atoms with Crippen LogP contribution in [0.4, 0.5) is 0 Å². The van der Waals surface area contributed by atoms with E-state index in [2.05, 4.69) is 11.6 Å². The Labute approximate surface area is 90.8 Å². The van der Waals surface area contributed by atoms with Gasteiger partial charge in [0.2, 0.25) is 0 Å². The molecule has 15 heavy (non-hydrogen) atoms. The van der Waals surface area contributed by atoms with Crippen molar-refractivity contribution >= 4 is 12.4 Å². The molecule has 0 N–H and O–H groups in total. The molecule has 0 bridgehead atoms. The summed E-state index contributed by atoms with van der Waals surface area (Å²) in [4.78, 5) is 14.5. The van der Waals surface area contributed by atoms with Crippen molar-refractivity contribution < 1.29 is 9.53 Å². The van der Waals surface area contributed by atoms with Crippen LogP contribution in [0.15, 0.2) is 12.6 Å². The number of ether oxygens (including phenoxy) is 1. The number of carbonyl (C=O) groups is 1. The van der Waals surface area contributed by atoms with Gasteiger partial charge in [-0.05, 0) is 24.6 Å². The molecule has 1 rings (SSSR count). The zero-order valence-electron chi connectivity index (χ0n) is 9.70. The van der Waals surface area contributed by atoms with Gasteiger partial charge in [-0.1, -0.05) is 20.4 Å². The van der Waals surface area contributed by atoms with Gasteiger partial charge in [0.15, 0.2) is 6.29 Å². The number of aromatic nitrogens is 1. The Hall–Kier alpha value is -1.64. The van der Waals surface area contributed by atoms with Crippen molar-refractivity contribution in [2.24, 2.45) is 0 Å². The van der Waals surface area contributed by atoms with Gasteiger partial charge >= 0.3 is 0 Å². The van der Waals surface area contributed by atoms with Crippen LogP contribution in [0, 0.1) is 6.92 Å². The molecule has 0 aliphatic carbocycles. The van der Waals surface area contributed by atoms with Gasteiger partial charge in [0.05, 0.1) is 7.11 Å². The van der Waals surface area contributed by atoms with Crippen LogP contribution in [-0.4, -0.2) is 18.4 Å². The molecular formula is C12H17NO2. The first-order valence-electron chi connectivity index (χ1n) is 4.86. The first kappa shape index (κ1) is 13.4. The van der Waals surface area contributed by atoms with Gasteiger partial charge in [0.25, 0.3) is 0 Å². The predicted molar refractivity (Wildman–Crippen MR) is 62.4 cm³/mol. The van der Waals surface area contributed by atoms with E-state index in [1.165, 1.54) is 0 Å². The van der Waals surface area contributed by atoms with E-state index >= 15 is 0 Å². The summed E-state index contributed by atoms with van der Waals surface area (Å²) in [5, 5.41) is 0. The van der Waals surface area contributed by atoms with Gasteiger partial charge < -0.3 is 4.74 Å². The Morgan fingerprint density at radius 3 is 2.47 bits per heavy atom. The molecular weight excluding hydrogens is 190 g/mol. The van der Waals surface area contributed by atoms with Crippen molar-refractivity contribution in [2.75, 3.05) is 7.11 Å². The van der Waals surface area contributed by atoms with Crippen molar-refractivity contribution in [1.82, 2.24) is 4.98 Å². The molecule has 1 aromatic heterocycles. The zero-order valence-corrected chi connectivity index (χ0v) is 9.70. The summed E-state index contributed by atoms with van der Waals surface area (Å²) in [6.07, 6.45) is 2.28. The highest BCUT2D eigenvalue weighted by molar-refractivity contribution is 5.74. The number of carbonyl (C=O) groups excluding carboxylic acids is 1. The molecule has 82 valence electrons. The molecule has 1 aromatic rings. The number of pyridine rings is 1. The summed E-state index contributed by atoms with van der Waals surface area (Å²) in [5.41, 5.74) is 1.88. The van der Waals surface area contributed by atoms with E-state index in [0.717, 1.165) is 5.56 Å². The first-order valence-corrected chi connectivity index (χ1v) is 4.86. The minimum Gasteiger partial charge on any atom is -0.494 e. The lowest BCUT2D eigenvalue weighted by atomic mass is 10.2. The largest absolute Gasteiger partial charge is 0.494 e. The Kier molecular flexibility index (Phi) is 6.02. The number of aldehydes is 1. The SMILES string of the molecule is C=Cc1nc(C=O)cc(C)c1OC.CC. The Morgan fingerprint density at radius 2 is 2.07 bits per heavy atom. The lowest BCUT2D eigenvalue weighted by molar-refractivity contribution is 0.111. The minimum atomic E-state index is 0.396. The van der Waals surface area contributed by atoms with Crippen molar-refractivity contribution in [2.45, 2.75) is 20.8 Å². The summed E-state index contributed by atoms with van der Waals surface area (Å²) in [6, 6.07) is 1.68. The number of nitrogens with zero attached hydrogens (tertiary/aromatic N) is 1. The molecule has 3 nitrogen and oxygen atoms in total. The number of hydrogen-bond acceptors (Lipinski definition) is 3. The molecule has 0 fully saturated rings. The van der Waals surface area contributed by atoms with E-state index in [1.54, 1.807) is 19.3 Å². The van der Waals surface area contributed by atoms with E-state index < -0.39 is 0 Å². The smallest absolute Gasteiger partial charge is 0.168 e. The molecule has 0 aromatic carbocycles. The maximum atomic E-state index is 10.5. The summed E-state index contributed by atoms with van der Waals surface area (Å²) in [5.74, 6) is 0.667. The fourth-order valence-corrected chi connectivity index (χ4v) is 1.18. The quantitative estimate of drug-likeness (QED) is 0.715. The van der Waals surface area contributed by atoms with Crippen LogP contribution < -0.4 is 4.74 Å². The molecule has 0 unspecified atom stereocenters. The van der Waals surface area contributed by atoms with E-state index in [0.29, 0.717) is 23.4 Å². The zero-order chi connectivity index (χ0) is 11.8. The Bertz CT molecular complexity index is 346. The van der Waals surface area contributed by atoms with Crippen molar-refractivity contribution in [3.8, 4) is 5.75 Å². The van der Waals surface area contributed by atoms with E-state index in [-0.39, 0.29) is 0 Å². The van der Waals surface area contributed by atoms with E-state index in [9.17, 15) is 4.79 Å². The molecule has 0 aliphatic heterocycles. The number of aryl methyl sites for hydroxylation is 1. The number of hydrogen-bond donors (Lipinski definition) is 0. The van der Waals surface area contributed by atoms with Crippen molar-refractivity contribution in [3.05, 3.63) is 29.6 Å². The third-order valence-corrected chi connectivity index (χ3v) is 1.72. The average Bonchev–Trinajstić information content (AvgIpc) is 2.30. The van der Waals surface area contributed by atoms with Gasteiger partial charge in [-0.15, -0.1) is 0 Å². The fourth-order valence-electron chi connectivity index (χ4n) is 1.18. The van der Waals surface area contributed by atoms with Gasteiger partial charge in [-0.25, -0.2) is 4.98 Å². The molecule has 0 amide bonds. The molecule has 0 aliphatic rings. The second kappa shape index (κ2) is 6.76. The summed E-state index contributed by atoms with van der Waals surface area (Å²) >= 11 is 0. The standard InChI is InChI=1S/C10H11NO2.C2H6/c1-4-9-10(13-3)7(2)5-8(6-12)11-9;1-2/h4-6H,1H2,2-3H3;1-2H3. The minimum absolute atomic E-state index is 0.396. The highest BCUT2D eigenvalue weighted by Gasteiger charge is 2.06. The lowest BCUT2D eigenvalue weighted by Crippen LogP contribution is -1.97. The van der Waals surface area contributed by atoms with Crippen LogP contribution in [0.1, 0.15) is 35.6 Å². The van der Waals surface area contributed by atoms with Crippen LogP contribution in [0.5, 0.6) is 5.75 Å². The average molecular weight is 207 g/mol. The van der Waals surface area contributed by atoms with Gasteiger partial charge in [-0.2, -0.15) is 0 Å². The van der Waals surface area contributed by atoms with Crippen molar-refractivity contribution in [3.63, 3.8) is 0 Å². The van der Waals surface area contributed by atoms with Crippen LogP contribution in [0.2, 0.25) is 0 Å². The summed E-state index contributed by atoms with van der Waals surface area (Å²) in [6.45, 7) is 9.46.